The van der Waals surface area contributed by atoms with Crippen molar-refractivity contribution in [3.05, 3.63) is 36.0 Å². The van der Waals surface area contributed by atoms with E-state index >= 15 is 0 Å². The number of aromatic nitrogens is 2. The number of hydrogen-bond donors (Lipinski definition) is 0. The van der Waals surface area contributed by atoms with Crippen LogP contribution in [0.15, 0.2) is 30.5 Å². The molecule has 106 valence electrons. The molecule has 0 bridgehead atoms. The molecule has 20 heavy (non-hydrogen) atoms. The lowest BCUT2D eigenvalue weighted by Crippen LogP contribution is -2.17. The Morgan fingerprint density at radius 1 is 1.35 bits per heavy atom. The highest BCUT2D eigenvalue weighted by molar-refractivity contribution is 6.67. The van der Waals surface area contributed by atoms with Crippen LogP contribution in [0.5, 0.6) is 5.75 Å². The van der Waals surface area contributed by atoms with Crippen molar-refractivity contribution in [3.8, 4) is 17.0 Å². The molecule has 2 rings (SSSR count). The van der Waals surface area contributed by atoms with Gasteiger partial charge in [0.15, 0.2) is 0 Å². The van der Waals surface area contributed by atoms with Crippen molar-refractivity contribution in [1.82, 2.24) is 9.78 Å². The van der Waals surface area contributed by atoms with E-state index in [1.54, 1.807) is 13.2 Å². The number of carbonyl (C=O) groups excluding carboxylic acids is 1. The van der Waals surface area contributed by atoms with E-state index in [2.05, 4.69) is 9.84 Å². The van der Waals surface area contributed by atoms with Crippen LogP contribution in [0.25, 0.3) is 11.3 Å². The molecule has 0 aliphatic carbocycles. The van der Waals surface area contributed by atoms with Gasteiger partial charge in [-0.1, -0.05) is 0 Å². The van der Waals surface area contributed by atoms with E-state index in [1.165, 1.54) is 16.8 Å². The van der Waals surface area contributed by atoms with Crippen LogP contribution in [0.3, 0.4) is 0 Å². The van der Waals surface area contributed by atoms with Gasteiger partial charge in [-0.25, -0.2) is 0 Å². The maximum Gasteiger partial charge on any atom is 0.573 e. The zero-order valence-electron chi connectivity index (χ0n) is 10.1. The second kappa shape index (κ2) is 5.16. The van der Waals surface area contributed by atoms with Crippen LogP contribution in [0.2, 0.25) is 0 Å². The summed E-state index contributed by atoms with van der Waals surface area (Å²) in [6, 6.07) is 4.90. The first-order valence-corrected chi connectivity index (χ1v) is 5.74. The molecule has 0 aliphatic heterocycles. The van der Waals surface area contributed by atoms with Crippen molar-refractivity contribution in [2.45, 2.75) is 6.36 Å². The zero-order chi connectivity index (χ0) is 14.9. The molecule has 4 nitrogen and oxygen atoms in total. The van der Waals surface area contributed by atoms with Gasteiger partial charge in [0.2, 0.25) is 0 Å². The predicted octanol–water partition coefficient (Wildman–Crippen LogP) is 3.36. The highest BCUT2D eigenvalue weighted by atomic mass is 35.5. The number of benzene rings is 1. The molecule has 1 aromatic heterocycles. The number of carbonyl (C=O) groups is 1. The molecule has 0 saturated heterocycles. The summed E-state index contributed by atoms with van der Waals surface area (Å²) in [6.07, 6.45) is -3.28. The molecular weight excluding hydrogens is 297 g/mol. The number of aryl methyl sites for hydroxylation is 1. The lowest BCUT2D eigenvalue weighted by molar-refractivity contribution is -0.274. The number of hydrogen-bond acceptors (Lipinski definition) is 3. The molecule has 0 spiro atoms. The third-order valence-corrected chi connectivity index (χ3v) is 2.64. The van der Waals surface area contributed by atoms with Crippen molar-refractivity contribution >= 4 is 16.8 Å². The van der Waals surface area contributed by atoms with Crippen molar-refractivity contribution in [2.24, 2.45) is 7.05 Å². The third-order valence-electron chi connectivity index (χ3n) is 2.42. The van der Waals surface area contributed by atoms with Gasteiger partial charge >= 0.3 is 6.36 Å². The van der Waals surface area contributed by atoms with Gasteiger partial charge in [0, 0.05) is 24.4 Å². The minimum atomic E-state index is -4.84. The Balaban J connectivity index is 2.54. The maximum absolute atomic E-state index is 12.4. The van der Waals surface area contributed by atoms with E-state index in [9.17, 15) is 18.0 Å². The van der Waals surface area contributed by atoms with Crippen molar-refractivity contribution in [3.63, 3.8) is 0 Å². The fraction of sp³-hybridized carbons (Fsp3) is 0.167. The van der Waals surface area contributed by atoms with Gasteiger partial charge in [-0.2, -0.15) is 5.10 Å². The van der Waals surface area contributed by atoms with Crippen molar-refractivity contribution in [2.75, 3.05) is 0 Å². The van der Waals surface area contributed by atoms with Gasteiger partial charge in [0.1, 0.15) is 5.75 Å². The molecule has 0 saturated carbocycles. The summed E-state index contributed by atoms with van der Waals surface area (Å²) in [6.45, 7) is 0. The van der Waals surface area contributed by atoms with Crippen LogP contribution >= 0.6 is 11.6 Å². The molecule has 0 radical (unpaired) electrons. The smallest absolute Gasteiger partial charge is 0.405 e. The Morgan fingerprint density at radius 2 is 2.05 bits per heavy atom. The lowest BCUT2D eigenvalue weighted by atomic mass is 10.1. The molecule has 0 unspecified atom stereocenters. The number of alkyl halides is 3. The summed E-state index contributed by atoms with van der Waals surface area (Å²) in [5.74, 6) is -0.446. The van der Waals surface area contributed by atoms with Crippen LogP contribution < -0.4 is 4.74 Å². The van der Waals surface area contributed by atoms with Crippen molar-refractivity contribution in [1.29, 1.82) is 0 Å². The molecule has 1 heterocycles. The second-order valence-electron chi connectivity index (χ2n) is 3.91. The predicted molar refractivity (Wildman–Crippen MR) is 65.5 cm³/mol. The van der Waals surface area contributed by atoms with Crippen LogP contribution in [0.1, 0.15) is 10.4 Å². The average molecular weight is 305 g/mol. The summed E-state index contributed by atoms with van der Waals surface area (Å²) in [4.78, 5) is 11.1. The fourth-order valence-electron chi connectivity index (χ4n) is 1.62. The summed E-state index contributed by atoms with van der Waals surface area (Å²) in [5, 5.41) is 3.21. The minimum Gasteiger partial charge on any atom is -0.405 e. The minimum absolute atomic E-state index is 0.0365. The third kappa shape index (κ3) is 3.30. The van der Waals surface area contributed by atoms with Crippen LogP contribution in [-0.4, -0.2) is 21.4 Å². The van der Waals surface area contributed by atoms with Gasteiger partial charge in [-0.05, 0) is 35.9 Å². The molecule has 0 aliphatic rings. The summed E-state index contributed by atoms with van der Waals surface area (Å²) < 4.78 is 42.4. The first-order valence-electron chi connectivity index (χ1n) is 5.36. The quantitative estimate of drug-likeness (QED) is 0.817. The first kappa shape index (κ1) is 14.4. The monoisotopic (exact) mass is 304 g/mol. The number of ether oxygens (including phenoxy) is 1. The van der Waals surface area contributed by atoms with Crippen LogP contribution in [0, 0.1) is 0 Å². The van der Waals surface area contributed by atoms with Gasteiger partial charge in [-0.3, -0.25) is 9.48 Å². The SMILES string of the molecule is Cn1ccc(-c2cc(C(=O)Cl)ccc2OC(F)(F)F)n1. The Labute approximate surface area is 116 Å². The highest BCUT2D eigenvalue weighted by Gasteiger charge is 2.32. The molecule has 0 amide bonds. The Morgan fingerprint density at radius 3 is 2.55 bits per heavy atom. The number of rotatable bonds is 3. The topological polar surface area (TPSA) is 44.1 Å². The molecule has 0 N–H and O–H groups in total. The normalized spacial score (nSPS) is 11.4. The first-order chi connectivity index (χ1) is 9.26. The molecule has 1 aromatic carbocycles. The zero-order valence-corrected chi connectivity index (χ0v) is 10.9. The Kier molecular flexibility index (Phi) is 3.71. The van der Waals surface area contributed by atoms with Crippen LogP contribution in [-0.2, 0) is 7.05 Å². The fourth-order valence-corrected chi connectivity index (χ4v) is 1.74. The summed E-state index contributed by atoms with van der Waals surface area (Å²) >= 11 is 5.33. The van der Waals surface area contributed by atoms with E-state index in [-0.39, 0.29) is 16.8 Å². The standard InChI is InChI=1S/C12H8ClF3N2O2/c1-18-5-4-9(17-18)8-6-7(11(13)19)2-3-10(8)20-12(14,15)16/h2-6H,1H3. The van der Waals surface area contributed by atoms with E-state index in [0.29, 0.717) is 0 Å². The summed E-state index contributed by atoms with van der Waals surface area (Å²) in [5.41, 5.74) is 0.336. The maximum atomic E-state index is 12.4. The van der Waals surface area contributed by atoms with E-state index < -0.39 is 17.4 Å². The molecule has 0 fully saturated rings. The lowest BCUT2D eigenvalue weighted by Gasteiger charge is -2.12. The van der Waals surface area contributed by atoms with Crippen LogP contribution in [0.4, 0.5) is 13.2 Å². The molecular formula is C12H8ClF3N2O2. The molecule has 0 atom stereocenters. The summed E-state index contributed by atoms with van der Waals surface area (Å²) in [7, 11) is 1.62. The molecule has 2 aromatic rings. The van der Waals surface area contributed by atoms with E-state index in [0.717, 1.165) is 12.1 Å². The average Bonchev–Trinajstić information content (AvgIpc) is 2.74. The van der Waals surface area contributed by atoms with Gasteiger partial charge in [0.05, 0.1) is 5.69 Å². The number of nitrogens with zero attached hydrogens (tertiary/aromatic N) is 2. The van der Waals surface area contributed by atoms with Gasteiger partial charge in [0.25, 0.3) is 5.24 Å². The van der Waals surface area contributed by atoms with Gasteiger partial charge < -0.3 is 4.74 Å². The largest absolute Gasteiger partial charge is 0.573 e. The van der Waals surface area contributed by atoms with E-state index in [4.69, 9.17) is 11.6 Å². The Hall–Kier alpha value is -2.02. The Bertz CT molecular complexity index is 652. The second-order valence-corrected chi connectivity index (χ2v) is 4.25. The van der Waals surface area contributed by atoms with E-state index in [1.807, 2.05) is 0 Å². The highest BCUT2D eigenvalue weighted by Crippen LogP contribution is 2.34. The van der Waals surface area contributed by atoms with Crippen molar-refractivity contribution < 1.29 is 22.7 Å². The molecule has 8 heteroatoms. The number of halogens is 4. The van der Waals surface area contributed by atoms with Gasteiger partial charge in [-0.15, -0.1) is 13.2 Å².